The van der Waals surface area contributed by atoms with Crippen LogP contribution in [0.25, 0.3) is 0 Å². The van der Waals surface area contributed by atoms with E-state index in [2.05, 4.69) is 9.71 Å². The van der Waals surface area contributed by atoms with Gasteiger partial charge in [0.15, 0.2) is 0 Å². The van der Waals surface area contributed by atoms with Crippen LogP contribution in [0.1, 0.15) is 24.7 Å². The molecule has 7 nitrogen and oxygen atoms in total. The Balaban J connectivity index is 1.90. The van der Waals surface area contributed by atoms with Crippen molar-refractivity contribution in [3.05, 3.63) is 36.6 Å². The number of imidazole rings is 1. The summed E-state index contributed by atoms with van der Waals surface area (Å²) < 4.78 is 40.0. The molecule has 8 heteroatoms. The van der Waals surface area contributed by atoms with Gasteiger partial charge in [0.2, 0.25) is 5.09 Å². The Morgan fingerprint density at radius 1 is 1.41 bits per heavy atom. The van der Waals surface area contributed by atoms with Gasteiger partial charge in [0, 0.05) is 32.7 Å². The zero-order chi connectivity index (χ0) is 15.6. The van der Waals surface area contributed by atoms with Gasteiger partial charge in [-0.3, -0.25) is 0 Å². The molecule has 3 rings (SSSR count). The van der Waals surface area contributed by atoms with E-state index in [-0.39, 0.29) is 11.0 Å². The standard InChI is InChI=1S/C14H19N3O4S/c1-17-7-6-15-14(17)13(11-4-9-20-10-5-11)16-22(18,19)12-3-2-8-21-12/h2-3,6-8,11,13,16H,4-5,9-10H2,1H3/t13-/m1/s1. The van der Waals surface area contributed by atoms with E-state index in [1.54, 1.807) is 12.3 Å². The lowest BCUT2D eigenvalue weighted by molar-refractivity contribution is 0.0550. The van der Waals surface area contributed by atoms with Crippen LogP contribution in [0.15, 0.2) is 40.3 Å². The molecule has 2 aromatic heterocycles. The average Bonchev–Trinajstić information content (AvgIpc) is 3.17. The first-order valence-electron chi connectivity index (χ1n) is 7.19. The molecule has 1 fully saturated rings. The summed E-state index contributed by atoms with van der Waals surface area (Å²) in [4.78, 5) is 4.32. The van der Waals surface area contributed by atoms with Gasteiger partial charge in [-0.2, -0.15) is 4.72 Å². The van der Waals surface area contributed by atoms with Crippen molar-refractivity contribution in [3.8, 4) is 0 Å². The van der Waals surface area contributed by atoms with Crippen molar-refractivity contribution >= 4 is 10.0 Å². The van der Waals surface area contributed by atoms with Gasteiger partial charge in [0.25, 0.3) is 10.0 Å². The summed E-state index contributed by atoms with van der Waals surface area (Å²) in [6.07, 6.45) is 6.40. The summed E-state index contributed by atoms with van der Waals surface area (Å²) in [5.41, 5.74) is 0. The molecule has 1 aliphatic rings. The van der Waals surface area contributed by atoms with Gasteiger partial charge in [0.1, 0.15) is 5.82 Å². The van der Waals surface area contributed by atoms with Crippen molar-refractivity contribution in [3.63, 3.8) is 0 Å². The molecule has 0 bridgehead atoms. The van der Waals surface area contributed by atoms with Crippen LogP contribution in [-0.4, -0.2) is 31.2 Å². The number of rotatable bonds is 5. The van der Waals surface area contributed by atoms with Crippen LogP contribution in [0, 0.1) is 5.92 Å². The number of aryl methyl sites for hydroxylation is 1. The normalized spacial score (nSPS) is 18.4. The molecular weight excluding hydrogens is 306 g/mol. The maximum atomic E-state index is 12.5. The van der Waals surface area contributed by atoms with Gasteiger partial charge in [-0.1, -0.05) is 0 Å². The lowest BCUT2D eigenvalue weighted by Crippen LogP contribution is -2.37. The first-order valence-corrected chi connectivity index (χ1v) is 8.67. The van der Waals surface area contributed by atoms with Crippen LogP contribution in [0.4, 0.5) is 0 Å². The average molecular weight is 325 g/mol. The topological polar surface area (TPSA) is 86.4 Å². The minimum atomic E-state index is -3.72. The molecule has 0 unspecified atom stereocenters. The van der Waals surface area contributed by atoms with Gasteiger partial charge < -0.3 is 13.7 Å². The van der Waals surface area contributed by atoms with Gasteiger partial charge in [0.05, 0.1) is 12.3 Å². The first kappa shape index (κ1) is 15.3. The largest absolute Gasteiger partial charge is 0.452 e. The smallest absolute Gasteiger partial charge is 0.274 e. The van der Waals surface area contributed by atoms with Crippen molar-refractivity contribution < 1.29 is 17.6 Å². The molecule has 1 N–H and O–H groups in total. The third-order valence-corrected chi connectivity index (χ3v) is 5.24. The number of hydrogen-bond donors (Lipinski definition) is 1. The highest BCUT2D eigenvalue weighted by atomic mass is 32.2. The van der Waals surface area contributed by atoms with Gasteiger partial charge >= 0.3 is 0 Å². The SMILES string of the molecule is Cn1ccnc1[C@H](NS(=O)(=O)c1ccco1)C1CCOCC1. The van der Waals surface area contributed by atoms with Crippen molar-refractivity contribution in [1.29, 1.82) is 0 Å². The van der Waals surface area contributed by atoms with E-state index in [9.17, 15) is 8.42 Å². The van der Waals surface area contributed by atoms with E-state index in [1.807, 2.05) is 17.8 Å². The van der Waals surface area contributed by atoms with Gasteiger partial charge in [-0.15, -0.1) is 0 Å². The highest BCUT2D eigenvalue weighted by molar-refractivity contribution is 7.89. The van der Waals surface area contributed by atoms with E-state index < -0.39 is 16.1 Å². The lowest BCUT2D eigenvalue weighted by Gasteiger charge is -2.30. The number of aromatic nitrogens is 2. The lowest BCUT2D eigenvalue weighted by atomic mass is 9.92. The Kier molecular flexibility index (Phi) is 4.32. The second kappa shape index (κ2) is 6.23. The molecule has 120 valence electrons. The van der Waals surface area contributed by atoms with E-state index in [4.69, 9.17) is 9.15 Å². The van der Waals surface area contributed by atoms with E-state index in [0.29, 0.717) is 19.0 Å². The summed E-state index contributed by atoms with van der Waals surface area (Å²) in [5, 5.41) is -0.0845. The number of nitrogens with one attached hydrogen (secondary N) is 1. The Morgan fingerprint density at radius 3 is 2.77 bits per heavy atom. The fraction of sp³-hybridized carbons (Fsp3) is 0.500. The molecule has 0 saturated carbocycles. The van der Waals surface area contributed by atoms with E-state index in [1.165, 1.54) is 12.3 Å². The summed E-state index contributed by atoms with van der Waals surface area (Å²) in [7, 11) is -1.86. The van der Waals surface area contributed by atoms with Crippen LogP contribution in [-0.2, 0) is 21.8 Å². The molecule has 1 aliphatic heterocycles. The van der Waals surface area contributed by atoms with Crippen LogP contribution < -0.4 is 4.72 Å². The molecule has 22 heavy (non-hydrogen) atoms. The molecule has 1 saturated heterocycles. The molecule has 0 aliphatic carbocycles. The zero-order valence-corrected chi connectivity index (χ0v) is 13.1. The molecule has 3 heterocycles. The minimum absolute atomic E-state index is 0.0845. The second-order valence-electron chi connectivity index (χ2n) is 5.38. The fourth-order valence-corrected chi connectivity index (χ4v) is 3.92. The second-order valence-corrected chi connectivity index (χ2v) is 7.02. The van der Waals surface area contributed by atoms with Gasteiger partial charge in [-0.05, 0) is 30.9 Å². The Bertz CT molecular complexity index is 702. The van der Waals surface area contributed by atoms with Crippen LogP contribution >= 0.6 is 0 Å². The number of sulfonamides is 1. The van der Waals surface area contributed by atoms with Crippen molar-refractivity contribution in [2.45, 2.75) is 24.0 Å². The zero-order valence-electron chi connectivity index (χ0n) is 12.3. The molecule has 0 radical (unpaired) electrons. The Morgan fingerprint density at radius 2 is 2.18 bits per heavy atom. The highest BCUT2D eigenvalue weighted by Gasteiger charge is 2.33. The molecular formula is C14H19N3O4S. The highest BCUT2D eigenvalue weighted by Crippen LogP contribution is 2.30. The van der Waals surface area contributed by atoms with Crippen molar-refractivity contribution in [1.82, 2.24) is 14.3 Å². The predicted molar refractivity (Wildman–Crippen MR) is 78.5 cm³/mol. The third kappa shape index (κ3) is 3.08. The predicted octanol–water partition coefficient (Wildman–Crippen LogP) is 1.46. The number of furan rings is 1. The summed E-state index contributed by atoms with van der Waals surface area (Å²) in [5.74, 6) is 0.835. The molecule has 1 atom stereocenters. The van der Waals surface area contributed by atoms with Gasteiger partial charge in [-0.25, -0.2) is 13.4 Å². The molecule has 2 aromatic rings. The summed E-state index contributed by atoms with van der Waals surface area (Å²) in [6.45, 7) is 1.27. The van der Waals surface area contributed by atoms with Crippen LogP contribution in [0.5, 0.6) is 0 Å². The van der Waals surface area contributed by atoms with Crippen LogP contribution in [0.2, 0.25) is 0 Å². The molecule has 0 amide bonds. The quantitative estimate of drug-likeness (QED) is 0.899. The number of hydrogen-bond acceptors (Lipinski definition) is 5. The minimum Gasteiger partial charge on any atom is -0.452 e. The Hall–Kier alpha value is -1.64. The maximum absolute atomic E-state index is 12.5. The monoisotopic (exact) mass is 325 g/mol. The third-order valence-electron chi connectivity index (χ3n) is 3.92. The van der Waals surface area contributed by atoms with Crippen molar-refractivity contribution in [2.75, 3.05) is 13.2 Å². The fourth-order valence-electron chi connectivity index (χ4n) is 2.73. The Labute approximate surface area is 129 Å². The first-order chi connectivity index (χ1) is 10.6. The summed E-state index contributed by atoms with van der Waals surface area (Å²) in [6, 6.07) is 2.58. The van der Waals surface area contributed by atoms with E-state index >= 15 is 0 Å². The van der Waals surface area contributed by atoms with Crippen LogP contribution in [0.3, 0.4) is 0 Å². The maximum Gasteiger partial charge on any atom is 0.274 e. The number of ether oxygens (including phenoxy) is 1. The number of nitrogens with zero attached hydrogens (tertiary/aromatic N) is 2. The van der Waals surface area contributed by atoms with Crippen molar-refractivity contribution in [2.24, 2.45) is 13.0 Å². The summed E-state index contributed by atoms with van der Waals surface area (Å²) >= 11 is 0. The molecule has 0 aromatic carbocycles. The van der Waals surface area contributed by atoms with E-state index in [0.717, 1.165) is 12.8 Å². The molecule has 0 spiro atoms.